The second-order valence-corrected chi connectivity index (χ2v) is 3.13. The first-order valence-electron chi connectivity index (χ1n) is 4.46. The van der Waals surface area contributed by atoms with Crippen molar-refractivity contribution < 1.29 is 9.53 Å². The summed E-state index contributed by atoms with van der Waals surface area (Å²) in [5.74, 6) is 0.708. The van der Waals surface area contributed by atoms with Crippen molar-refractivity contribution in [2.24, 2.45) is 5.92 Å². The molecule has 0 aliphatic rings. The molecule has 0 aliphatic carbocycles. The summed E-state index contributed by atoms with van der Waals surface area (Å²) in [7, 11) is 0. The minimum Gasteiger partial charge on any atom is -0.466 e. The molecule has 0 aromatic heterocycles. The maximum atomic E-state index is 11.0. The van der Waals surface area contributed by atoms with Gasteiger partial charge < -0.3 is 4.74 Å². The zero-order chi connectivity index (χ0) is 9.40. The zero-order valence-electron chi connectivity index (χ0n) is 7.81. The molecule has 0 unspecified atom stereocenters. The molecule has 0 radical (unpaired) electrons. The molecule has 1 atom stereocenters. The number of halogens is 1. The molecule has 0 heterocycles. The number of carbonyl (C=O) groups is 1. The third kappa shape index (κ3) is 5.42. The first kappa shape index (κ1) is 11.8. The molecule has 0 fully saturated rings. The van der Waals surface area contributed by atoms with Crippen LogP contribution in [0.1, 0.15) is 33.1 Å². The van der Waals surface area contributed by atoms with E-state index in [9.17, 15) is 4.79 Å². The van der Waals surface area contributed by atoms with E-state index in [0.717, 1.165) is 12.8 Å². The lowest BCUT2D eigenvalue weighted by molar-refractivity contribution is -0.144. The number of alkyl halides is 1. The predicted octanol–water partition coefficient (Wildman–Crippen LogP) is 2.59. The molecule has 0 bridgehead atoms. The Bertz CT molecular complexity index is 126. The van der Waals surface area contributed by atoms with Gasteiger partial charge in [0.25, 0.3) is 0 Å². The van der Waals surface area contributed by atoms with E-state index in [4.69, 9.17) is 16.3 Å². The molecule has 0 N–H and O–H groups in total. The predicted molar refractivity (Wildman–Crippen MR) is 50.4 cm³/mol. The van der Waals surface area contributed by atoms with E-state index in [0.29, 0.717) is 18.9 Å². The van der Waals surface area contributed by atoms with Crippen LogP contribution in [0.5, 0.6) is 0 Å². The van der Waals surface area contributed by atoms with Crippen molar-refractivity contribution in [3.8, 4) is 0 Å². The van der Waals surface area contributed by atoms with E-state index in [1.807, 2.05) is 6.92 Å². The van der Waals surface area contributed by atoms with Gasteiger partial charge in [-0.2, -0.15) is 0 Å². The van der Waals surface area contributed by atoms with Gasteiger partial charge in [0.15, 0.2) is 0 Å². The zero-order valence-corrected chi connectivity index (χ0v) is 8.56. The van der Waals surface area contributed by atoms with Crippen molar-refractivity contribution in [3.63, 3.8) is 0 Å². The number of carbonyl (C=O) groups excluding carboxylic acids is 1. The highest BCUT2D eigenvalue weighted by Gasteiger charge is 2.12. The molecule has 2 nitrogen and oxygen atoms in total. The highest BCUT2D eigenvalue weighted by Crippen LogP contribution is 2.13. The summed E-state index contributed by atoms with van der Waals surface area (Å²) < 4.78 is 4.82. The van der Waals surface area contributed by atoms with Crippen LogP contribution in [0.15, 0.2) is 0 Å². The minimum atomic E-state index is -0.128. The van der Waals surface area contributed by atoms with Gasteiger partial charge in [-0.05, 0) is 19.3 Å². The van der Waals surface area contributed by atoms with Crippen LogP contribution in [0.2, 0.25) is 0 Å². The molecular weight excluding hydrogens is 176 g/mol. The summed E-state index contributed by atoms with van der Waals surface area (Å²) >= 11 is 5.68. The molecular formula is C9H17ClO2. The number of rotatable bonds is 6. The van der Waals surface area contributed by atoms with E-state index in [-0.39, 0.29) is 11.9 Å². The maximum absolute atomic E-state index is 11.0. The summed E-state index contributed by atoms with van der Waals surface area (Å²) in [6.45, 7) is 4.36. The first-order chi connectivity index (χ1) is 5.74. The Kier molecular flexibility index (Phi) is 7.26. The summed E-state index contributed by atoms with van der Waals surface area (Å²) in [6, 6.07) is 0. The second-order valence-electron chi connectivity index (χ2n) is 2.82. The average molecular weight is 193 g/mol. The van der Waals surface area contributed by atoms with Gasteiger partial charge in [0.1, 0.15) is 0 Å². The molecule has 0 saturated heterocycles. The van der Waals surface area contributed by atoms with Crippen molar-refractivity contribution >= 4 is 17.6 Å². The average Bonchev–Trinajstić information content (AvgIpc) is 2.04. The second kappa shape index (κ2) is 7.41. The van der Waals surface area contributed by atoms with Crippen LogP contribution in [-0.2, 0) is 9.53 Å². The lowest BCUT2D eigenvalue weighted by Crippen LogP contribution is -2.12. The Balaban J connectivity index is 3.61. The molecule has 0 aromatic carbocycles. The Labute approximate surface area is 79.2 Å². The Morgan fingerprint density at radius 2 is 2.17 bits per heavy atom. The molecule has 0 rings (SSSR count). The highest BCUT2D eigenvalue weighted by molar-refractivity contribution is 6.18. The van der Waals surface area contributed by atoms with Gasteiger partial charge in [-0.25, -0.2) is 0 Å². The van der Waals surface area contributed by atoms with E-state index >= 15 is 0 Å². The van der Waals surface area contributed by atoms with Crippen molar-refractivity contribution in [1.82, 2.24) is 0 Å². The molecule has 3 heteroatoms. The van der Waals surface area contributed by atoms with Crippen molar-refractivity contribution in [3.05, 3.63) is 0 Å². The first-order valence-corrected chi connectivity index (χ1v) is 4.99. The van der Waals surface area contributed by atoms with Gasteiger partial charge in [-0.15, -0.1) is 11.6 Å². The fraction of sp³-hybridized carbons (Fsp3) is 0.889. The highest BCUT2D eigenvalue weighted by atomic mass is 35.5. The topological polar surface area (TPSA) is 26.3 Å². The SMILES string of the molecule is CCC[C@@H](CCl)CC(=O)OCC. The number of hydrogen-bond acceptors (Lipinski definition) is 2. The fourth-order valence-corrected chi connectivity index (χ4v) is 1.36. The van der Waals surface area contributed by atoms with Crippen molar-refractivity contribution in [2.45, 2.75) is 33.1 Å². The summed E-state index contributed by atoms with van der Waals surface area (Å²) in [5.41, 5.74) is 0. The number of ether oxygens (including phenoxy) is 1. The fourth-order valence-electron chi connectivity index (χ4n) is 1.10. The lowest BCUT2D eigenvalue weighted by atomic mass is 10.0. The normalized spacial score (nSPS) is 12.6. The lowest BCUT2D eigenvalue weighted by Gasteiger charge is -2.10. The third-order valence-electron chi connectivity index (χ3n) is 1.68. The van der Waals surface area contributed by atoms with Crippen molar-refractivity contribution in [1.29, 1.82) is 0 Å². The summed E-state index contributed by atoms with van der Waals surface area (Å²) in [4.78, 5) is 11.0. The van der Waals surface area contributed by atoms with Crippen LogP contribution in [0.3, 0.4) is 0 Å². The molecule has 0 spiro atoms. The van der Waals surface area contributed by atoms with E-state index in [1.165, 1.54) is 0 Å². The minimum absolute atomic E-state index is 0.128. The smallest absolute Gasteiger partial charge is 0.306 e. The molecule has 12 heavy (non-hydrogen) atoms. The van der Waals surface area contributed by atoms with Crippen LogP contribution >= 0.6 is 11.6 Å². The van der Waals surface area contributed by atoms with Gasteiger partial charge in [0, 0.05) is 12.3 Å². The summed E-state index contributed by atoms with van der Waals surface area (Å²) in [5, 5.41) is 0. The van der Waals surface area contributed by atoms with Gasteiger partial charge >= 0.3 is 5.97 Å². The number of esters is 1. The van der Waals surface area contributed by atoms with Gasteiger partial charge in [-0.1, -0.05) is 13.3 Å². The van der Waals surface area contributed by atoms with Crippen molar-refractivity contribution in [2.75, 3.05) is 12.5 Å². The van der Waals surface area contributed by atoms with Crippen LogP contribution < -0.4 is 0 Å². The summed E-state index contributed by atoms with van der Waals surface area (Å²) in [6.07, 6.45) is 2.53. The van der Waals surface area contributed by atoms with Crippen LogP contribution in [0.25, 0.3) is 0 Å². The Morgan fingerprint density at radius 3 is 2.58 bits per heavy atom. The monoisotopic (exact) mass is 192 g/mol. The van der Waals surface area contributed by atoms with Crippen LogP contribution in [-0.4, -0.2) is 18.5 Å². The largest absolute Gasteiger partial charge is 0.466 e. The van der Waals surface area contributed by atoms with Crippen LogP contribution in [0.4, 0.5) is 0 Å². The molecule has 0 saturated carbocycles. The van der Waals surface area contributed by atoms with E-state index in [1.54, 1.807) is 0 Å². The van der Waals surface area contributed by atoms with Gasteiger partial charge in [0.05, 0.1) is 6.61 Å². The van der Waals surface area contributed by atoms with E-state index in [2.05, 4.69) is 6.92 Å². The van der Waals surface area contributed by atoms with Crippen LogP contribution in [0, 0.1) is 5.92 Å². The Hall–Kier alpha value is -0.240. The van der Waals surface area contributed by atoms with E-state index < -0.39 is 0 Å². The molecule has 0 aliphatic heterocycles. The quantitative estimate of drug-likeness (QED) is 0.478. The molecule has 0 amide bonds. The Morgan fingerprint density at radius 1 is 1.50 bits per heavy atom. The maximum Gasteiger partial charge on any atom is 0.306 e. The molecule has 0 aromatic rings. The standard InChI is InChI=1S/C9H17ClO2/c1-3-5-8(7-10)6-9(11)12-4-2/h8H,3-7H2,1-2H3/t8-/m1/s1. The third-order valence-corrected chi connectivity index (χ3v) is 2.11. The molecule has 72 valence electrons. The van der Waals surface area contributed by atoms with Gasteiger partial charge in [-0.3, -0.25) is 4.79 Å². The number of hydrogen-bond donors (Lipinski definition) is 0. The van der Waals surface area contributed by atoms with Gasteiger partial charge in [0.2, 0.25) is 0 Å².